The number of benzene rings is 2. The fourth-order valence-electron chi connectivity index (χ4n) is 2.17. The van der Waals surface area contributed by atoms with E-state index in [9.17, 15) is 4.79 Å². The summed E-state index contributed by atoms with van der Waals surface area (Å²) in [7, 11) is 1.57. The van der Waals surface area contributed by atoms with E-state index in [-0.39, 0.29) is 11.5 Å². The van der Waals surface area contributed by atoms with E-state index in [0.717, 1.165) is 5.39 Å². The summed E-state index contributed by atoms with van der Waals surface area (Å²) in [5.74, 6) is 0.560. The van der Waals surface area contributed by atoms with Crippen LogP contribution in [0.5, 0.6) is 5.75 Å². The third-order valence-electron chi connectivity index (χ3n) is 3.25. The number of methoxy groups -OCH3 is 1. The number of ketones is 1. The molecule has 21 heavy (non-hydrogen) atoms. The van der Waals surface area contributed by atoms with Crippen LogP contribution in [-0.2, 0) is 0 Å². The molecule has 0 atom stereocenters. The number of ether oxygens (including phenoxy) is 1. The van der Waals surface area contributed by atoms with Crippen molar-refractivity contribution >= 4 is 38.4 Å². The second-order valence-electron chi connectivity index (χ2n) is 4.52. The average Bonchev–Trinajstić information content (AvgIpc) is 2.84. The number of para-hydroxylation sites is 1. The molecule has 0 aliphatic heterocycles. The highest BCUT2D eigenvalue weighted by Gasteiger charge is 2.20. The fourth-order valence-corrected chi connectivity index (χ4v) is 2.71. The zero-order chi connectivity index (χ0) is 15.0. The Hall–Kier alpha value is -2.27. The highest BCUT2D eigenvalue weighted by Crippen LogP contribution is 2.31. The minimum absolute atomic E-state index is 0.160. The van der Waals surface area contributed by atoms with Gasteiger partial charge in [-0.15, -0.1) is 0 Å². The van der Waals surface area contributed by atoms with Gasteiger partial charge in [0.1, 0.15) is 11.3 Å². The Morgan fingerprint density at radius 2 is 2.00 bits per heavy atom. The molecule has 106 valence electrons. The first kappa shape index (κ1) is 13.7. The molecule has 4 nitrogen and oxygen atoms in total. The van der Waals surface area contributed by atoms with Crippen molar-refractivity contribution in [1.29, 1.82) is 0 Å². The van der Waals surface area contributed by atoms with Crippen LogP contribution in [0.2, 0.25) is 0 Å². The van der Waals surface area contributed by atoms with E-state index in [0.29, 0.717) is 27.1 Å². The van der Waals surface area contributed by atoms with E-state index in [4.69, 9.17) is 14.9 Å². The minimum Gasteiger partial charge on any atom is -0.496 e. The largest absolute Gasteiger partial charge is 0.496 e. The molecule has 5 heteroatoms. The van der Waals surface area contributed by atoms with Gasteiger partial charge < -0.3 is 14.9 Å². The zero-order valence-corrected chi connectivity index (χ0v) is 12.8. The Labute approximate surface area is 129 Å². The van der Waals surface area contributed by atoms with Crippen LogP contribution in [0.1, 0.15) is 16.1 Å². The Morgan fingerprint density at radius 3 is 2.67 bits per heavy atom. The molecule has 2 N–H and O–H groups in total. The van der Waals surface area contributed by atoms with Gasteiger partial charge in [-0.3, -0.25) is 4.79 Å². The molecule has 0 radical (unpaired) electrons. The molecule has 0 bridgehead atoms. The molecule has 3 rings (SSSR count). The number of fused-ring (bicyclic) bond motifs is 1. The van der Waals surface area contributed by atoms with Crippen molar-refractivity contribution in [3.8, 4) is 5.75 Å². The van der Waals surface area contributed by atoms with Gasteiger partial charge in [0.15, 0.2) is 5.76 Å². The van der Waals surface area contributed by atoms with Gasteiger partial charge in [-0.25, -0.2) is 0 Å². The topological polar surface area (TPSA) is 65.5 Å². The van der Waals surface area contributed by atoms with Gasteiger partial charge in [0.25, 0.3) is 0 Å². The van der Waals surface area contributed by atoms with Crippen LogP contribution in [0.25, 0.3) is 11.0 Å². The number of hydrogen-bond donors (Lipinski definition) is 1. The number of rotatable bonds is 3. The molecule has 2 aromatic carbocycles. The first-order chi connectivity index (χ1) is 10.1. The molecule has 3 aromatic rings. The third-order valence-corrected chi connectivity index (χ3v) is 3.87. The molecule has 1 aromatic heterocycles. The molecule has 1 heterocycles. The monoisotopic (exact) mass is 345 g/mol. The standard InChI is InChI=1S/C16H12BrNO3/c1-20-13-7-6-9(8-11(13)17)15(19)16-14(18)10-4-2-3-5-12(10)21-16/h2-8H,18H2,1H3. The lowest BCUT2D eigenvalue weighted by Gasteiger charge is -2.05. The van der Waals surface area contributed by atoms with Crippen molar-refractivity contribution in [3.63, 3.8) is 0 Å². The molecule has 0 saturated heterocycles. The van der Waals surface area contributed by atoms with Gasteiger partial charge in [0.05, 0.1) is 17.3 Å². The molecule has 0 aliphatic carbocycles. The van der Waals surface area contributed by atoms with Crippen molar-refractivity contribution in [2.45, 2.75) is 0 Å². The first-order valence-corrected chi connectivity index (χ1v) is 7.06. The van der Waals surface area contributed by atoms with E-state index in [1.54, 1.807) is 31.4 Å². The molecule has 0 saturated carbocycles. The normalized spacial score (nSPS) is 10.8. The summed E-state index contributed by atoms with van der Waals surface area (Å²) in [6.45, 7) is 0. The number of halogens is 1. The number of furan rings is 1. The molecule has 0 unspecified atom stereocenters. The summed E-state index contributed by atoms with van der Waals surface area (Å²) in [6.07, 6.45) is 0. The average molecular weight is 346 g/mol. The van der Waals surface area contributed by atoms with Crippen molar-refractivity contribution < 1.29 is 13.9 Å². The van der Waals surface area contributed by atoms with Crippen LogP contribution in [0, 0.1) is 0 Å². The number of anilines is 1. The van der Waals surface area contributed by atoms with E-state index >= 15 is 0 Å². The maximum absolute atomic E-state index is 12.6. The summed E-state index contributed by atoms with van der Waals surface area (Å²) in [5.41, 5.74) is 7.47. The van der Waals surface area contributed by atoms with Crippen LogP contribution >= 0.6 is 15.9 Å². The predicted octanol–water partition coefficient (Wildman–Crippen LogP) is 4.02. The smallest absolute Gasteiger partial charge is 0.230 e. The lowest BCUT2D eigenvalue weighted by molar-refractivity contribution is 0.101. The molecular formula is C16H12BrNO3. The maximum Gasteiger partial charge on any atom is 0.230 e. The number of hydrogen-bond acceptors (Lipinski definition) is 4. The van der Waals surface area contributed by atoms with E-state index in [1.165, 1.54) is 0 Å². The summed E-state index contributed by atoms with van der Waals surface area (Å²) >= 11 is 3.36. The van der Waals surface area contributed by atoms with Crippen molar-refractivity contribution in [2.24, 2.45) is 0 Å². The summed E-state index contributed by atoms with van der Waals surface area (Å²) in [6, 6.07) is 12.4. The van der Waals surface area contributed by atoms with Crippen molar-refractivity contribution in [2.75, 3.05) is 12.8 Å². The quantitative estimate of drug-likeness (QED) is 0.728. The summed E-state index contributed by atoms with van der Waals surface area (Å²) in [4.78, 5) is 12.6. The number of carbonyl (C=O) groups excluding carboxylic acids is 1. The van der Waals surface area contributed by atoms with Crippen LogP contribution in [-0.4, -0.2) is 12.9 Å². The van der Waals surface area contributed by atoms with Crippen LogP contribution in [0.3, 0.4) is 0 Å². The number of nitrogen functional groups attached to an aromatic ring is 1. The van der Waals surface area contributed by atoms with Gasteiger partial charge in [-0.2, -0.15) is 0 Å². The highest BCUT2D eigenvalue weighted by molar-refractivity contribution is 9.10. The fraction of sp³-hybridized carbons (Fsp3) is 0.0625. The molecule has 0 fully saturated rings. The second kappa shape index (κ2) is 5.26. The Bertz CT molecular complexity index is 839. The predicted molar refractivity (Wildman–Crippen MR) is 84.8 cm³/mol. The van der Waals surface area contributed by atoms with Gasteiger partial charge in [0, 0.05) is 10.9 Å². The lowest BCUT2D eigenvalue weighted by atomic mass is 10.1. The Morgan fingerprint density at radius 1 is 1.24 bits per heavy atom. The van der Waals surface area contributed by atoms with Crippen LogP contribution in [0.4, 0.5) is 5.69 Å². The number of nitrogens with two attached hydrogens (primary N) is 1. The van der Waals surface area contributed by atoms with Gasteiger partial charge in [-0.1, -0.05) is 12.1 Å². The van der Waals surface area contributed by atoms with E-state index < -0.39 is 0 Å². The van der Waals surface area contributed by atoms with E-state index in [2.05, 4.69) is 15.9 Å². The van der Waals surface area contributed by atoms with E-state index in [1.807, 2.05) is 18.2 Å². The Balaban J connectivity index is 2.08. The second-order valence-corrected chi connectivity index (χ2v) is 5.37. The number of carbonyl (C=O) groups is 1. The molecule has 0 spiro atoms. The summed E-state index contributed by atoms with van der Waals surface area (Å²) < 4.78 is 11.4. The third kappa shape index (κ3) is 2.29. The van der Waals surface area contributed by atoms with Crippen LogP contribution < -0.4 is 10.5 Å². The first-order valence-electron chi connectivity index (χ1n) is 6.27. The Kier molecular flexibility index (Phi) is 3.43. The van der Waals surface area contributed by atoms with Crippen molar-refractivity contribution in [3.05, 3.63) is 58.3 Å². The SMILES string of the molecule is COc1ccc(C(=O)c2oc3ccccc3c2N)cc1Br. The zero-order valence-electron chi connectivity index (χ0n) is 11.2. The van der Waals surface area contributed by atoms with Gasteiger partial charge in [-0.05, 0) is 46.3 Å². The lowest BCUT2D eigenvalue weighted by Crippen LogP contribution is -2.03. The van der Waals surface area contributed by atoms with Gasteiger partial charge in [0.2, 0.25) is 5.78 Å². The highest BCUT2D eigenvalue weighted by atomic mass is 79.9. The van der Waals surface area contributed by atoms with Crippen LogP contribution in [0.15, 0.2) is 51.4 Å². The molecule has 0 amide bonds. The maximum atomic E-state index is 12.6. The molecule has 0 aliphatic rings. The minimum atomic E-state index is -0.257. The van der Waals surface area contributed by atoms with Gasteiger partial charge >= 0.3 is 0 Å². The summed E-state index contributed by atoms with van der Waals surface area (Å²) in [5, 5.41) is 0.744. The molecular weight excluding hydrogens is 334 g/mol. The van der Waals surface area contributed by atoms with Crippen molar-refractivity contribution in [1.82, 2.24) is 0 Å².